The molecule has 28 heavy (non-hydrogen) atoms. The summed E-state index contributed by atoms with van der Waals surface area (Å²) in [7, 11) is 0. The van der Waals surface area contributed by atoms with Crippen LogP contribution in [0.25, 0.3) is 0 Å². The smallest absolute Gasteiger partial charge is 0.321 e. The normalized spacial score (nSPS) is 15.3. The van der Waals surface area contributed by atoms with E-state index in [-0.39, 0.29) is 11.7 Å². The highest BCUT2D eigenvalue weighted by molar-refractivity contribution is 7.99. The minimum Gasteiger partial charge on any atom is -0.335 e. The van der Waals surface area contributed by atoms with E-state index < -0.39 is 17.5 Å². The number of thioether (sulfide) groups is 1. The van der Waals surface area contributed by atoms with Gasteiger partial charge >= 0.3 is 6.03 Å². The zero-order valence-corrected chi connectivity index (χ0v) is 17.9. The van der Waals surface area contributed by atoms with Crippen molar-refractivity contribution in [2.75, 3.05) is 12.3 Å². The Bertz CT molecular complexity index is 713. The number of hydrogen-bond acceptors (Lipinski definition) is 6. The van der Waals surface area contributed by atoms with Gasteiger partial charge in [-0.3, -0.25) is 14.9 Å². The van der Waals surface area contributed by atoms with E-state index in [2.05, 4.69) is 20.8 Å². The van der Waals surface area contributed by atoms with Crippen LogP contribution in [0.2, 0.25) is 0 Å². The van der Waals surface area contributed by atoms with Crippen LogP contribution in [-0.2, 0) is 22.7 Å². The summed E-state index contributed by atoms with van der Waals surface area (Å²) < 4.78 is 1.91. The van der Waals surface area contributed by atoms with Crippen LogP contribution in [-0.4, -0.2) is 55.3 Å². The standard InChI is InChI=1S/C18H30N6O3S/c1-5-24-13(11-23-10-8-6-7-9-15(23)26)21-22-17(24)28-12-14(25)19-16(27)20-18(2,3)4/h5-12H2,1-4H3,(H2,19,20,25,27). The topological polar surface area (TPSA) is 109 Å². The Hall–Kier alpha value is -2.10. The number of likely N-dealkylation sites (tertiary alicyclic amines) is 1. The molecular formula is C18H30N6O3S. The third-order valence-electron chi connectivity index (χ3n) is 4.19. The predicted octanol–water partition coefficient (Wildman–Crippen LogP) is 1.92. The Labute approximate surface area is 170 Å². The maximum atomic E-state index is 12.2. The predicted molar refractivity (Wildman–Crippen MR) is 107 cm³/mol. The molecule has 0 saturated carbocycles. The van der Waals surface area contributed by atoms with Gasteiger partial charge in [0.2, 0.25) is 11.8 Å². The van der Waals surface area contributed by atoms with Crippen molar-refractivity contribution < 1.29 is 14.4 Å². The fourth-order valence-corrected chi connectivity index (χ4v) is 3.72. The number of amides is 4. The molecule has 0 atom stereocenters. The average molecular weight is 411 g/mol. The zero-order chi connectivity index (χ0) is 20.7. The van der Waals surface area contributed by atoms with Crippen molar-refractivity contribution in [3.63, 3.8) is 0 Å². The first kappa shape index (κ1) is 22.2. The lowest BCUT2D eigenvalue weighted by Crippen LogP contribution is -2.48. The third kappa shape index (κ3) is 6.81. The second-order valence-corrected chi connectivity index (χ2v) is 8.75. The number of hydrogen-bond donors (Lipinski definition) is 2. The monoisotopic (exact) mass is 410 g/mol. The van der Waals surface area contributed by atoms with Gasteiger partial charge in [0.1, 0.15) is 0 Å². The van der Waals surface area contributed by atoms with E-state index in [1.807, 2.05) is 37.2 Å². The molecule has 0 aromatic carbocycles. The summed E-state index contributed by atoms with van der Waals surface area (Å²) in [6.45, 7) is 9.30. The molecule has 0 radical (unpaired) electrons. The van der Waals surface area contributed by atoms with Crippen LogP contribution in [0.15, 0.2) is 5.16 Å². The Kier molecular flexibility index (Phi) is 7.85. The Balaban J connectivity index is 1.93. The summed E-state index contributed by atoms with van der Waals surface area (Å²) in [6, 6.07) is -0.518. The van der Waals surface area contributed by atoms with Crippen molar-refractivity contribution in [2.24, 2.45) is 0 Å². The van der Waals surface area contributed by atoms with Gasteiger partial charge in [-0.15, -0.1) is 10.2 Å². The van der Waals surface area contributed by atoms with Gasteiger partial charge in [-0.1, -0.05) is 18.2 Å². The zero-order valence-electron chi connectivity index (χ0n) is 17.1. The summed E-state index contributed by atoms with van der Waals surface area (Å²) in [5, 5.41) is 14.0. The summed E-state index contributed by atoms with van der Waals surface area (Å²) in [4.78, 5) is 37.8. The van der Waals surface area contributed by atoms with Crippen LogP contribution in [0.1, 0.15) is 59.2 Å². The van der Waals surface area contributed by atoms with Gasteiger partial charge in [0, 0.05) is 25.0 Å². The number of carbonyl (C=O) groups excluding carboxylic acids is 3. The lowest BCUT2D eigenvalue weighted by molar-refractivity contribution is -0.131. The van der Waals surface area contributed by atoms with Gasteiger partial charge in [-0.05, 0) is 40.5 Å². The molecule has 0 aliphatic carbocycles. The maximum Gasteiger partial charge on any atom is 0.321 e. The molecule has 1 aliphatic rings. The molecule has 1 aliphatic heterocycles. The van der Waals surface area contributed by atoms with E-state index in [4.69, 9.17) is 0 Å². The highest BCUT2D eigenvalue weighted by atomic mass is 32.2. The fourth-order valence-electron chi connectivity index (χ4n) is 2.90. The van der Waals surface area contributed by atoms with Crippen LogP contribution in [0.4, 0.5) is 4.79 Å². The van der Waals surface area contributed by atoms with Crippen molar-refractivity contribution in [3.8, 4) is 0 Å². The lowest BCUT2D eigenvalue weighted by Gasteiger charge is -2.20. The minimum absolute atomic E-state index is 0.0539. The van der Waals surface area contributed by atoms with Gasteiger partial charge in [0.15, 0.2) is 11.0 Å². The maximum absolute atomic E-state index is 12.2. The van der Waals surface area contributed by atoms with E-state index in [9.17, 15) is 14.4 Å². The molecule has 4 amide bonds. The van der Waals surface area contributed by atoms with Crippen molar-refractivity contribution in [2.45, 2.75) is 77.2 Å². The molecule has 0 spiro atoms. The van der Waals surface area contributed by atoms with Gasteiger partial charge < -0.3 is 14.8 Å². The molecule has 0 bridgehead atoms. The van der Waals surface area contributed by atoms with Crippen molar-refractivity contribution in [1.82, 2.24) is 30.3 Å². The van der Waals surface area contributed by atoms with Crippen molar-refractivity contribution in [3.05, 3.63) is 5.82 Å². The number of nitrogens with zero attached hydrogens (tertiary/aromatic N) is 4. The lowest BCUT2D eigenvalue weighted by atomic mass is 10.1. The second kappa shape index (κ2) is 9.90. The molecule has 0 unspecified atom stereocenters. The number of rotatable bonds is 6. The molecule has 1 saturated heterocycles. The van der Waals surface area contributed by atoms with E-state index in [0.29, 0.717) is 30.5 Å². The molecule has 10 heteroatoms. The highest BCUT2D eigenvalue weighted by Gasteiger charge is 2.21. The fraction of sp³-hybridized carbons (Fsp3) is 0.722. The minimum atomic E-state index is -0.518. The molecule has 2 rings (SSSR count). The molecule has 1 aromatic heterocycles. The highest BCUT2D eigenvalue weighted by Crippen LogP contribution is 2.19. The molecule has 1 aromatic rings. The number of carbonyl (C=O) groups is 3. The quantitative estimate of drug-likeness (QED) is 0.694. The Morgan fingerprint density at radius 1 is 1.18 bits per heavy atom. The van der Waals surface area contributed by atoms with E-state index in [0.717, 1.165) is 25.8 Å². The van der Waals surface area contributed by atoms with Crippen LogP contribution in [0, 0.1) is 0 Å². The third-order valence-corrected chi connectivity index (χ3v) is 5.15. The average Bonchev–Trinajstić information content (AvgIpc) is 2.86. The van der Waals surface area contributed by atoms with Crippen molar-refractivity contribution >= 4 is 29.6 Å². The Morgan fingerprint density at radius 2 is 1.93 bits per heavy atom. The first-order valence-corrected chi connectivity index (χ1v) is 10.6. The van der Waals surface area contributed by atoms with Crippen LogP contribution in [0.3, 0.4) is 0 Å². The summed E-state index contributed by atoms with van der Waals surface area (Å²) in [5.74, 6) is 0.521. The van der Waals surface area contributed by atoms with Crippen LogP contribution >= 0.6 is 11.8 Å². The SMILES string of the molecule is CCn1c(CN2CCCCCC2=O)nnc1SCC(=O)NC(=O)NC(C)(C)C. The number of nitrogens with one attached hydrogen (secondary N) is 2. The number of aromatic nitrogens is 3. The first-order valence-electron chi connectivity index (χ1n) is 9.64. The van der Waals surface area contributed by atoms with Gasteiger partial charge in [0.25, 0.3) is 0 Å². The molecule has 156 valence electrons. The van der Waals surface area contributed by atoms with E-state index >= 15 is 0 Å². The summed E-state index contributed by atoms with van der Waals surface area (Å²) in [6.07, 6.45) is 3.60. The van der Waals surface area contributed by atoms with Gasteiger partial charge in [-0.25, -0.2) is 4.79 Å². The number of imide groups is 1. The molecular weight excluding hydrogens is 380 g/mol. The number of urea groups is 1. The van der Waals surface area contributed by atoms with Gasteiger partial charge in [-0.2, -0.15) is 0 Å². The largest absolute Gasteiger partial charge is 0.335 e. The van der Waals surface area contributed by atoms with Crippen molar-refractivity contribution in [1.29, 1.82) is 0 Å². The molecule has 2 heterocycles. The second-order valence-electron chi connectivity index (χ2n) is 7.81. The molecule has 1 fully saturated rings. The first-order chi connectivity index (χ1) is 13.2. The summed E-state index contributed by atoms with van der Waals surface area (Å²) in [5.41, 5.74) is -0.417. The van der Waals surface area contributed by atoms with Gasteiger partial charge in [0.05, 0.1) is 12.3 Å². The summed E-state index contributed by atoms with van der Waals surface area (Å²) >= 11 is 1.22. The Morgan fingerprint density at radius 3 is 2.61 bits per heavy atom. The van der Waals surface area contributed by atoms with Crippen LogP contribution in [0.5, 0.6) is 0 Å². The van der Waals surface area contributed by atoms with Crippen LogP contribution < -0.4 is 10.6 Å². The van der Waals surface area contributed by atoms with E-state index in [1.165, 1.54) is 11.8 Å². The molecule has 9 nitrogen and oxygen atoms in total. The van der Waals surface area contributed by atoms with E-state index in [1.54, 1.807) is 0 Å². The molecule has 2 N–H and O–H groups in total.